The van der Waals surface area contributed by atoms with Crippen LogP contribution in [-0.4, -0.2) is 55.7 Å². The lowest BCUT2D eigenvalue weighted by Crippen LogP contribution is -2.49. The van der Waals surface area contributed by atoms with Gasteiger partial charge >= 0.3 is 0 Å². The number of carbonyl (C=O) groups is 1. The zero-order valence-corrected chi connectivity index (χ0v) is 11.8. The average molecular weight is 298 g/mol. The van der Waals surface area contributed by atoms with Crippen molar-refractivity contribution in [3.63, 3.8) is 0 Å². The molecule has 1 unspecified atom stereocenters. The first-order valence-corrected chi connectivity index (χ1v) is 7.18. The summed E-state index contributed by atoms with van der Waals surface area (Å²) in [6, 6.07) is 5.27. The molecule has 1 aromatic carbocycles. The maximum Gasteiger partial charge on any atom is 0.258 e. The summed E-state index contributed by atoms with van der Waals surface area (Å²) < 4.78 is 16.5. The molecular formula is C14H16ClNO4. The van der Waals surface area contributed by atoms with E-state index < -0.39 is 0 Å². The third kappa shape index (κ3) is 2.43. The SMILES string of the molecule is O=C(c1cccc2c1OCCO2)N1CCOCC1CCl. The molecular weight excluding hydrogens is 282 g/mol. The number of rotatable bonds is 2. The molecule has 1 amide bonds. The summed E-state index contributed by atoms with van der Waals surface area (Å²) in [7, 11) is 0. The van der Waals surface area contributed by atoms with E-state index in [2.05, 4.69) is 0 Å². The fourth-order valence-electron chi connectivity index (χ4n) is 2.45. The normalized spacial score (nSPS) is 21.6. The van der Waals surface area contributed by atoms with Gasteiger partial charge in [-0.05, 0) is 12.1 Å². The van der Waals surface area contributed by atoms with E-state index in [4.69, 9.17) is 25.8 Å². The Morgan fingerprint density at radius 2 is 2.15 bits per heavy atom. The molecule has 6 heteroatoms. The van der Waals surface area contributed by atoms with Crippen LogP contribution in [0.1, 0.15) is 10.4 Å². The first kappa shape index (κ1) is 13.5. The van der Waals surface area contributed by atoms with Gasteiger partial charge in [0.2, 0.25) is 0 Å². The van der Waals surface area contributed by atoms with E-state index in [1.807, 2.05) is 6.07 Å². The van der Waals surface area contributed by atoms with Gasteiger partial charge in [0.1, 0.15) is 13.2 Å². The van der Waals surface area contributed by atoms with Crippen molar-refractivity contribution < 1.29 is 19.0 Å². The lowest BCUT2D eigenvalue weighted by Gasteiger charge is -2.35. The minimum Gasteiger partial charge on any atom is -0.486 e. The average Bonchev–Trinajstić information content (AvgIpc) is 2.53. The van der Waals surface area contributed by atoms with Gasteiger partial charge in [-0.3, -0.25) is 4.79 Å². The van der Waals surface area contributed by atoms with Gasteiger partial charge in [0.05, 0.1) is 24.8 Å². The highest BCUT2D eigenvalue weighted by Gasteiger charge is 2.30. The van der Waals surface area contributed by atoms with E-state index in [9.17, 15) is 4.79 Å². The number of morpholine rings is 1. The van der Waals surface area contributed by atoms with Crippen molar-refractivity contribution in [1.29, 1.82) is 0 Å². The van der Waals surface area contributed by atoms with E-state index in [0.29, 0.717) is 55.9 Å². The van der Waals surface area contributed by atoms with Crippen molar-refractivity contribution in [3.05, 3.63) is 23.8 Å². The minimum absolute atomic E-state index is 0.0821. The van der Waals surface area contributed by atoms with Gasteiger partial charge in [-0.1, -0.05) is 6.07 Å². The molecule has 108 valence electrons. The molecule has 5 nitrogen and oxygen atoms in total. The van der Waals surface area contributed by atoms with E-state index in [-0.39, 0.29) is 11.9 Å². The molecule has 0 spiro atoms. The summed E-state index contributed by atoms with van der Waals surface area (Å²) in [5.74, 6) is 1.43. The highest BCUT2D eigenvalue weighted by atomic mass is 35.5. The molecule has 0 saturated carbocycles. The zero-order valence-electron chi connectivity index (χ0n) is 11.0. The number of hydrogen-bond acceptors (Lipinski definition) is 4. The molecule has 0 aromatic heterocycles. The monoisotopic (exact) mass is 297 g/mol. The molecule has 1 fully saturated rings. The Morgan fingerprint density at radius 3 is 3.00 bits per heavy atom. The Hall–Kier alpha value is -1.46. The summed E-state index contributed by atoms with van der Waals surface area (Å²) >= 11 is 5.92. The Labute approximate surface area is 122 Å². The van der Waals surface area contributed by atoms with Crippen LogP contribution >= 0.6 is 11.6 Å². The van der Waals surface area contributed by atoms with Gasteiger partial charge in [-0.2, -0.15) is 0 Å². The Bertz CT molecular complexity index is 508. The van der Waals surface area contributed by atoms with E-state index in [0.717, 1.165) is 0 Å². The lowest BCUT2D eigenvalue weighted by atomic mass is 10.1. The quantitative estimate of drug-likeness (QED) is 0.777. The third-order valence-corrected chi connectivity index (χ3v) is 3.82. The molecule has 0 N–H and O–H groups in total. The van der Waals surface area contributed by atoms with Crippen LogP contribution in [0.25, 0.3) is 0 Å². The maximum atomic E-state index is 12.7. The van der Waals surface area contributed by atoms with Crippen LogP contribution in [0.4, 0.5) is 0 Å². The minimum atomic E-state index is -0.0988. The number of nitrogens with zero attached hydrogens (tertiary/aromatic N) is 1. The number of para-hydroxylation sites is 1. The molecule has 0 aliphatic carbocycles. The number of benzene rings is 1. The number of ether oxygens (including phenoxy) is 3. The number of amides is 1. The smallest absolute Gasteiger partial charge is 0.258 e. The van der Waals surface area contributed by atoms with Crippen LogP contribution in [0.3, 0.4) is 0 Å². The fraction of sp³-hybridized carbons (Fsp3) is 0.500. The number of carbonyl (C=O) groups excluding carboxylic acids is 1. The number of fused-ring (bicyclic) bond motifs is 1. The second-order valence-corrected chi connectivity index (χ2v) is 5.02. The molecule has 2 aliphatic heterocycles. The fourth-order valence-corrected chi connectivity index (χ4v) is 2.70. The summed E-state index contributed by atoms with van der Waals surface area (Å²) in [5.41, 5.74) is 0.527. The zero-order chi connectivity index (χ0) is 13.9. The molecule has 2 heterocycles. The Balaban J connectivity index is 1.90. The van der Waals surface area contributed by atoms with Gasteiger partial charge in [-0.25, -0.2) is 0 Å². The second-order valence-electron chi connectivity index (χ2n) is 4.71. The van der Waals surface area contributed by atoms with E-state index in [1.165, 1.54) is 0 Å². The first-order chi connectivity index (χ1) is 9.81. The van der Waals surface area contributed by atoms with Crippen LogP contribution < -0.4 is 9.47 Å². The lowest BCUT2D eigenvalue weighted by molar-refractivity contribution is 0.00422. The van der Waals surface area contributed by atoms with Crippen LogP contribution in [0.2, 0.25) is 0 Å². The third-order valence-electron chi connectivity index (χ3n) is 3.46. The van der Waals surface area contributed by atoms with Gasteiger partial charge < -0.3 is 19.1 Å². The molecule has 1 aromatic rings. The maximum absolute atomic E-state index is 12.7. The van der Waals surface area contributed by atoms with Crippen molar-refractivity contribution in [2.75, 3.05) is 38.9 Å². The molecule has 2 aliphatic rings. The van der Waals surface area contributed by atoms with Crippen LogP contribution in [-0.2, 0) is 4.74 Å². The van der Waals surface area contributed by atoms with Crippen molar-refractivity contribution in [1.82, 2.24) is 4.90 Å². The Morgan fingerprint density at radius 1 is 1.30 bits per heavy atom. The predicted octanol–water partition coefficient (Wildman–Crippen LogP) is 1.54. The largest absolute Gasteiger partial charge is 0.486 e. The summed E-state index contributed by atoms with van der Waals surface area (Å²) in [6.45, 7) is 2.51. The molecule has 3 rings (SSSR count). The molecule has 20 heavy (non-hydrogen) atoms. The van der Waals surface area contributed by atoms with Crippen LogP contribution in [0, 0.1) is 0 Å². The molecule has 1 saturated heterocycles. The van der Waals surface area contributed by atoms with Gasteiger partial charge in [-0.15, -0.1) is 11.6 Å². The standard InChI is InChI=1S/C14H16ClNO4/c15-8-10-9-18-5-4-16(10)14(17)11-2-1-3-12-13(11)20-7-6-19-12/h1-3,10H,4-9H2. The molecule has 1 atom stereocenters. The summed E-state index contributed by atoms with van der Waals surface area (Å²) in [5, 5.41) is 0. The van der Waals surface area contributed by atoms with Crippen LogP contribution in [0.5, 0.6) is 11.5 Å². The highest BCUT2D eigenvalue weighted by Crippen LogP contribution is 2.34. The van der Waals surface area contributed by atoms with Crippen molar-refractivity contribution in [2.45, 2.75) is 6.04 Å². The van der Waals surface area contributed by atoms with Gasteiger partial charge in [0.15, 0.2) is 11.5 Å². The molecule has 0 radical (unpaired) electrons. The van der Waals surface area contributed by atoms with E-state index >= 15 is 0 Å². The van der Waals surface area contributed by atoms with Crippen molar-refractivity contribution in [3.8, 4) is 11.5 Å². The number of alkyl halides is 1. The van der Waals surface area contributed by atoms with Crippen LogP contribution in [0.15, 0.2) is 18.2 Å². The predicted molar refractivity (Wildman–Crippen MR) is 73.8 cm³/mol. The summed E-state index contributed by atoms with van der Waals surface area (Å²) in [4.78, 5) is 14.5. The highest BCUT2D eigenvalue weighted by molar-refractivity contribution is 6.18. The number of halogens is 1. The first-order valence-electron chi connectivity index (χ1n) is 6.64. The number of hydrogen-bond donors (Lipinski definition) is 0. The van der Waals surface area contributed by atoms with Gasteiger partial charge in [0.25, 0.3) is 5.91 Å². The molecule has 0 bridgehead atoms. The summed E-state index contributed by atoms with van der Waals surface area (Å²) in [6.07, 6.45) is 0. The Kier molecular flexibility index (Phi) is 3.98. The van der Waals surface area contributed by atoms with Gasteiger partial charge in [0, 0.05) is 12.4 Å². The van der Waals surface area contributed by atoms with Crippen molar-refractivity contribution >= 4 is 17.5 Å². The topological polar surface area (TPSA) is 48.0 Å². The van der Waals surface area contributed by atoms with Crippen molar-refractivity contribution in [2.24, 2.45) is 0 Å². The van der Waals surface area contributed by atoms with E-state index in [1.54, 1.807) is 17.0 Å². The second kappa shape index (κ2) is 5.89.